The number of nitrogens with one attached hydrogen (secondary N) is 1. The number of hydrogen-bond acceptors (Lipinski definition) is 5. The van der Waals surface area contributed by atoms with Crippen molar-refractivity contribution in [2.45, 2.75) is 21.5 Å². The topological polar surface area (TPSA) is 73.9 Å². The van der Waals surface area contributed by atoms with Gasteiger partial charge in [0.05, 0.1) is 14.2 Å². The Kier molecular flexibility index (Phi) is 8.19. The summed E-state index contributed by atoms with van der Waals surface area (Å²) >= 11 is 11.5. The van der Waals surface area contributed by atoms with Crippen LogP contribution in [0.4, 0.5) is 5.69 Å². The van der Waals surface area contributed by atoms with Gasteiger partial charge in [0.15, 0.2) is 0 Å². The molecule has 0 atom stereocenters. The molecule has 0 aliphatic carbocycles. The van der Waals surface area contributed by atoms with Gasteiger partial charge in [-0.1, -0.05) is 0 Å². The number of anilines is 1. The van der Waals surface area contributed by atoms with E-state index in [4.69, 9.17) is 37.4 Å². The van der Waals surface area contributed by atoms with Gasteiger partial charge in [0.25, 0.3) is 0 Å². The fraction of sp³-hybridized carbons (Fsp3) is 0.333. The molecule has 6 nitrogen and oxygen atoms in total. The van der Waals surface area contributed by atoms with Crippen molar-refractivity contribution in [3.05, 3.63) is 40.4 Å². The Hall–Kier alpha value is -1.27. The minimum Gasteiger partial charge on any atom is 0.0777 e. The van der Waals surface area contributed by atoms with E-state index in [9.17, 15) is 8.42 Å². The molecule has 0 aromatic heterocycles. The summed E-state index contributed by atoms with van der Waals surface area (Å²) in [6.07, 6.45) is 0. The molecular weight excluding hydrogens is 488 g/mol. The number of halogens is 2. The Bertz CT molecular complexity index is 938. The number of methoxy groups -OCH3 is 2. The van der Waals surface area contributed by atoms with Crippen LogP contribution in [0.3, 0.4) is 0 Å². The number of benzene rings is 2. The molecule has 2 aromatic rings. The molecule has 0 unspecified atom stereocenters. The van der Waals surface area contributed by atoms with Crippen LogP contribution in [-0.4, -0.2) is 43.9 Å². The van der Waals surface area contributed by atoms with Gasteiger partial charge in [-0.15, -0.1) is 0 Å². The molecule has 0 aliphatic heterocycles. The van der Waals surface area contributed by atoms with Gasteiger partial charge in [-0.05, 0) is 0 Å². The molecule has 0 saturated heterocycles. The van der Waals surface area contributed by atoms with Crippen molar-refractivity contribution in [3.8, 4) is 17.2 Å². The van der Waals surface area contributed by atoms with Gasteiger partial charge in [-0.2, -0.15) is 0 Å². The van der Waals surface area contributed by atoms with E-state index in [2.05, 4.69) is 16.1 Å². The second-order valence-corrected chi connectivity index (χ2v) is 14.0. The zero-order chi connectivity index (χ0) is 20.9. The smallest absolute Gasteiger partial charge is 0.0777 e. The Balaban J connectivity index is 2.29. The van der Waals surface area contributed by atoms with Crippen LogP contribution in [0.15, 0.2) is 35.2 Å². The maximum atomic E-state index is 12.8. The molecule has 28 heavy (non-hydrogen) atoms. The average Bonchev–Trinajstić information content (AvgIpc) is 2.63. The Morgan fingerprint density at radius 3 is 2.21 bits per heavy atom. The summed E-state index contributed by atoms with van der Waals surface area (Å²) < 4.78 is 44.2. The molecule has 0 spiro atoms. The predicted molar refractivity (Wildman–Crippen MR) is 115 cm³/mol. The zero-order valence-electron chi connectivity index (χ0n) is 16.0. The Labute approximate surface area is 180 Å². The first-order chi connectivity index (χ1) is 13.2. The average molecular weight is 510 g/mol. The third-order valence-corrected chi connectivity index (χ3v) is 8.12. The molecular formula is C18H22AsCl2NO5S. The standard InChI is InChI=1S/C18H22AsCl2NO5S/c1-19(2)7-8-27-15-9-12(5-6-13(15)20)22-28(23,24)18-11-17(26-4)16(25-3)10-14(18)21/h5-6,9-11,22H,7-8H2,1-4H3. The molecule has 0 bridgehead atoms. The van der Waals surface area contributed by atoms with Crippen molar-refractivity contribution in [1.29, 1.82) is 0 Å². The molecule has 0 amide bonds. The van der Waals surface area contributed by atoms with Crippen molar-refractivity contribution < 1.29 is 22.6 Å². The van der Waals surface area contributed by atoms with E-state index in [1.165, 1.54) is 26.4 Å². The van der Waals surface area contributed by atoms with E-state index in [0.717, 1.165) is 5.21 Å². The van der Waals surface area contributed by atoms with Crippen LogP contribution in [-0.2, 0) is 10.0 Å². The molecule has 0 fully saturated rings. The van der Waals surface area contributed by atoms with Gasteiger partial charge in [-0.3, -0.25) is 0 Å². The SMILES string of the molecule is COc1cc(Cl)c(S(=O)(=O)Nc2ccc(Cl)c(OCC[As](C)C)c2)cc1OC. The van der Waals surface area contributed by atoms with Gasteiger partial charge in [0.1, 0.15) is 0 Å². The van der Waals surface area contributed by atoms with Gasteiger partial charge in [0.2, 0.25) is 0 Å². The Morgan fingerprint density at radius 2 is 1.61 bits per heavy atom. The molecule has 2 rings (SSSR count). The van der Waals surface area contributed by atoms with Crippen molar-refractivity contribution in [3.63, 3.8) is 0 Å². The predicted octanol–water partition coefficient (Wildman–Crippen LogP) is 4.94. The summed E-state index contributed by atoms with van der Waals surface area (Å²) in [5, 5.41) is 1.43. The van der Waals surface area contributed by atoms with Crippen LogP contribution in [0.2, 0.25) is 26.7 Å². The van der Waals surface area contributed by atoms with E-state index >= 15 is 0 Å². The van der Waals surface area contributed by atoms with Crippen LogP contribution in [0.5, 0.6) is 17.2 Å². The minimum atomic E-state index is -3.97. The fourth-order valence-electron chi connectivity index (χ4n) is 2.27. The Morgan fingerprint density at radius 1 is 0.964 bits per heavy atom. The van der Waals surface area contributed by atoms with Crippen molar-refractivity contribution in [2.24, 2.45) is 0 Å². The third-order valence-electron chi connectivity index (χ3n) is 3.71. The van der Waals surface area contributed by atoms with Gasteiger partial charge in [0, 0.05) is 0 Å². The number of rotatable bonds is 9. The molecule has 154 valence electrons. The van der Waals surface area contributed by atoms with Crippen LogP contribution in [0.1, 0.15) is 0 Å². The van der Waals surface area contributed by atoms with E-state index in [0.29, 0.717) is 28.8 Å². The maximum absolute atomic E-state index is 12.8. The van der Waals surface area contributed by atoms with Gasteiger partial charge in [-0.25, -0.2) is 0 Å². The minimum absolute atomic E-state index is 0.0118. The van der Waals surface area contributed by atoms with Gasteiger partial charge < -0.3 is 4.74 Å². The zero-order valence-corrected chi connectivity index (χ0v) is 20.2. The summed E-state index contributed by atoms with van der Waals surface area (Å²) in [6, 6.07) is 7.39. The molecule has 0 radical (unpaired) electrons. The molecule has 10 heteroatoms. The third kappa shape index (κ3) is 5.86. The molecule has 2 aromatic carbocycles. The second kappa shape index (κ2) is 9.97. The molecule has 1 N–H and O–H groups in total. The van der Waals surface area contributed by atoms with E-state index in [1.54, 1.807) is 18.2 Å². The van der Waals surface area contributed by atoms with Crippen molar-refractivity contribution in [1.82, 2.24) is 0 Å². The van der Waals surface area contributed by atoms with Crippen LogP contribution >= 0.6 is 23.2 Å². The van der Waals surface area contributed by atoms with E-state index in [-0.39, 0.29) is 15.7 Å². The van der Waals surface area contributed by atoms with Crippen LogP contribution < -0.4 is 18.9 Å². The second-order valence-electron chi connectivity index (χ2n) is 6.04. The van der Waals surface area contributed by atoms with Crippen LogP contribution in [0, 0.1) is 0 Å². The summed E-state index contributed by atoms with van der Waals surface area (Å²) in [6.45, 7) is 0.546. The first-order valence-corrected chi connectivity index (χ1v) is 15.5. The first-order valence-electron chi connectivity index (χ1n) is 8.19. The first kappa shape index (κ1) is 23.0. The number of ether oxygens (including phenoxy) is 3. The van der Waals surface area contributed by atoms with Crippen LogP contribution in [0.25, 0.3) is 0 Å². The quantitative estimate of drug-likeness (QED) is 0.484. The monoisotopic (exact) mass is 509 g/mol. The van der Waals surface area contributed by atoms with Crippen molar-refractivity contribution in [2.75, 3.05) is 25.5 Å². The van der Waals surface area contributed by atoms with Crippen molar-refractivity contribution >= 4 is 53.6 Å². The van der Waals surface area contributed by atoms with Gasteiger partial charge >= 0.3 is 162 Å². The normalized spacial score (nSPS) is 11.4. The number of hydrogen-bond donors (Lipinski definition) is 1. The summed E-state index contributed by atoms with van der Waals surface area (Å²) in [5.74, 6) is 1.02. The summed E-state index contributed by atoms with van der Waals surface area (Å²) in [7, 11) is -1.12. The van der Waals surface area contributed by atoms with E-state index < -0.39 is 24.7 Å². The summed E-state index contributed by atoms with van der Waals surface area (Å²) in [5.41, 5.74) is 4.78. The molecule has 0 saturated carbocycles. The molecule has 0 heterocycles. The van der Waals surface area contributed by atoms with E-state index in [1.807, 2.05) is 0 Å². The summed E-state index contributed by atoms with van der Waals surface area (Å²) in [4.78, 5) is -0.129. The molecule has 0 aliphatic rings. The fourth-order valence-corrected chi connectivity index (χ4v) is 4.98. The number of sulfonamides is 1.